The van der Waals surface area contributed by atoms with Crippen molar-refractivity contribution < 1.29 is 8.42 Å². The van der Waals surface area contributed by atoms with Crippen LogP contribution in [0.15, 0.2) is 47.8 Å². The van der Waals surface area contributed by atoms with E-state index < -0.39 is 10.0 Å². The van der Waals surface area contributed by atoms with E-state index in [0.29, 0.717) is 31.1 Å². The Morgan fingerprint density at radius 1 is 1.08 bits per heavy atom. The molecule has 0 N–H and O–H groups in total. The van der Waals surface area contributed by atoms with E-state index in [-0.39, 0.29) is 0 Å². The zero-order valence-electron chi connectivity index (χ0n) is 13.8. The van der Waals surface area contributed by atoms with Gasteiger partial charge in [0.1, 0.15) is 5.82 Å². The van der Waals surface area contributed by atoms with Gasteiger partial charge in [0.25, 0.3) is 0 Å². The summed E-state index contributed by atoms with van der Waals surface area (Å²) in [6, 6.07) is 7.03. The molecule has 0 saturated carbocycles. The van der Waals surface area contributed by atoms with Crippen molar-refractivity contribution >= 4 is 21.5 Å². The third-order valence-corrected chi connectivity index (χ3v) is 5.98. The predicted octanol–water partition coefficient (Wildman–Crippen LogP) is 1.05. The van der Waals surface area contributed by atoms with Crippen molar-refractivity contribution in [3.8, 4) is 0 Å². The van der Waals surface area contributed by atoms with Crippen LogP contribution in [0.5, 0.6) is 0 Å². The summed E-state index contributed by atoms with van der Waals surface area (Å²) in [4.78, 5) is 12.6. The van der Waals surface area contributed by atoms with Crippen LogP contribution in [0.1, 0.15) is 0 Å². The summed E-state index contributed by atoms with van der Waals surface area (Å²) in [7, 11) is 0.309. The second-order valence-electron chi connectivity index (χ2n) is 5.85. The largest absolute Gasteiger partial charge is 0.378 e. The maximum Gasteiger partial charge on any atom is 0.243 e. The summed E-state index contributed by atoms with van der Waals surface area (Å²) in [5.74, 6) is 0.782. The molecule has 1 fully saturated rings. The lowest BCUT2D eigenvalue weighted by atomic mass is 10.3. The predicted molar refractivity (Wildman–Crippen MR) is 93.8 cm³/mol. The van der Waals surface area contributed by atoms with Gasteiger partial charge in [0.2, 0.25) is 10.0 Å². The van der Waals surface area contributed by atoms with Gasteiger partial charge < -0.3 is 9.80 Å². The number of sulfonamides is 1. The van der Waals surface area contributed by atoms with E-state index in [1.807, 2.05) is 25.1 Å². The van der Waals surface area contributed by atoms with E-state index in [2.05, 4.69) is 14.9 Å². The van der Waals surface area contributed by atoms with E-state index in [1.54, 1.807) is 36.8 Å². The first-order chi connectivity index (χ1) is 11.5. The lowest BCUT2D eigenvalue weighted by Gasteiger charge is -2.34. The third kappa shape index (κ3) is 3.34. The van der Waals surface area contributed by atoms with Crippen molar-refractivity contribution in [3.05, 3.63) is 42.9 Å². The second kappa shape index (κ2) is 6.74. The molecule has 0 amide bonds. The number of hydrogen-bond acceptors (Lipinski definition) is 6. The van der Waals surface area contributed by atoms with Gasteiger partial charge in [-0.15, -0.1) is 0 Å². The smallest absolute Gasteiger partial charge is 0.243 e. The van der Waals surface area contributed by atoms with Crippen LogP contribution in [0.3, 0.4) is 0 Å². The molecule has 7 nitrogen and oxygen atoms in total. The zero-order chi connectivity index (χ0) is 17.2. The highest BCUT2D eigenvalue weighted by atomic mass is 32.2. The minimum Gasteiger partial charge on any atom is -0.378 e. The number of rotatable bonds is 4. The van der Waals surface area contributed by atoms with E-state index in [0.717, 1.165) is 11.5 Å². The first-order valence-electron chi connectivity index (χ1n) is 7.77. The van der Waals surface area contributed by atoms with E-state index >= 15 is 0 Å². The normalized spacial score (nSPS) is 16.2. The Bertz CT molecular complexity index is 787. The highest BCUT2D eigenvalue weighted by molar-refractivity contribution is 7.89. The summed E-state index contributed by atoms with van der Waals surface area (Å²) in [6.45, 7) is 2.08. The second-order valence-corrected chi connectivity index (χ2v) is 7.78. The van der Waals surface area contributed by atoms with Gasteiger partial charge in [-0.3, -0.25) is 4.98 Å². The minimum atomic E-state index is -3.48. The maximum atomic E-state index is 12.9. The summed E-state index contributed by atoms with van der Waals surface area (Å²) in [5.41, 5.74) is 0.870. The molecule has 1 saturated heterocycles. The van der Waals surface area contributed by atoms with Crippen LogP contribution in [0.25, 0.3) is 0 Å². The molecule has 1 aromatic carbocycles. The fourth-order valence-electron chi connectivity index (χ4n) is 2.68. The molecule has 0 radical (unpaired) electrons. The Balaban J connectivity index is 1.74. The van der Waals surface area contributed by atoms with Crippen LogP contribution in [0.2, 0.25) is 0 Å². The molecule has 8 heteroatoms. The molecule has 0 atom stereocenters. The molecule has 128 valence electrons. The van der Waals surface area contributed by atoms with E-state index in [1.165, 1.54) is 4.31 Å². The number of anilines is 2. The van der Waals surface area contributed by atoms with Gasteiger partial charge in [-0.05, 0) is 18.2 Å². The van der Waals surface area contributed by atoms with Gasteiger partial charge in [0, 0.05) is 58.4 Å². The first kappa shape index (κ1) is 16.7. The molecule has 2 aromatic rings. The van der Waals surface area contributed by atoms with Gasteiger partial charge in [0.05, 0.1) is 11.1 Å². The van der Waals surface area contributed by atoms with Crippen LogP contribution < -0.4 is 9.80 Å². The van der Waals surface area contributed by atoms with Gasteiger partial charge in [0.15, 0.2) is 0 Å². The standard InChI is InChI=1S/C16H21N5O2S/c1-19(2)14-4-3-5-15(12-14)24(22,23)21-10-8-20(9-11-21)16-13-17-6-7-18-16/h3-7,12-13H,8-11H2,1-2H3. The summed E-state index contributed by atoms with van der Waals surface area (Å²) < 4.78 is 27.3. The van der Waals surface area contributed by atoms with Crippen LogP contribution in [0, 0.1) is 0 Å². The van der Waals surface area contributed by atoms with Crippen molar-refractivity contribution in [1.82, 2.24) is 14.3 Å². The highest BCUT2D eigenvalue weighted by Crippen LogP contribution is 2.23. The fraction of sp³-hybridized carbons (Fsp3) is 0.375. The van der Waals surface area contributed by atoms with Gasteiger partial charge in [-0.2, -0.15) is 4.31 Å². The van der Waals surface area contributed by atoms with Crippen LogP contribution in [-0.2, 0) is 10.0 Å². The molecule has 0 unspecified atom stereocenters. The van der Waals surface area contributed by atoms with Gasteiger partial charge >= 0.3 is 0 Å². The number of aromatic nitrogens is 2. The highest BCUT2D eigenvalue weighted by Gasteiger charge is 2.29. The van der Waals surface area contributed by atoms with Gasteiger partial charge in [-0.25, -0.2) is 13.4 Å². The molecule has 1 aliphatic rings. The molecular weight excluding hydrogens is 326 g/mol. The Hall–Kier alpha value is -2.19. The Kier molecular flexibility index (Phi) is 4.68. The Morgan fingerprint density at radius 3 is 2.46 bits per heavy atom. The molecule has 1 aliphatic heterocycles. The average Bonchev–Trinajstić information content (AvgIpc) is 2.62. The van der Waals surface area contributed by atoms with Gasteiger partial charge in [-0.1, -0.05) is 6.07 Å². The quantitative estimate of drug-likeness (QED) is 0.823. The van der Waals surface area contributed by atoms with Crippen LogP contribution in [0.4, 0.5) is 11.5 Å². The van der Waals surface area contributed by atoms with E-state index in [4.69, 9.17) is 0 Å². The van der Waals surface area contributed by atoms with Crippen LogP contribution >= 0.6 is 0 Å². The lowest BCUT2D eigenvalue weighted by Crippen LogP contribution is -2.48. The molecule has 3 rings (SSSR count). The summed E-state index contributed by atoms with van der Waals surface area (Å²) in [5, 5.41) is 0. The molecule has 0 bridgehead atoms. The molecular formula is C16H21N5O2S. The molecule has 2 heterocycles. The first-order valence-corrected chi connectivity index (χ1v) is 9.21. The van der Waals surface area contributed by atoms with E-state index in [9.17, 15) is 8.42 Å². The number of hydrogen-bond donors (Lipinski definition) is 0. The van der Waals surface area contributed by atoms with Crippen LogP contribution in [-0.4, -0.2) is 63.0 Å². The minimum absolute atomic E-state index is 0.335. The number of nitrogens with zero attached hydrogens (tertiary/aromatic N) is 5. The Morgan fingerprint density at radius 2 is 1.83 bits per heavy atom. The third-order valence-electron chi connectivity index (χ3n) is 4.08. The zero-order valence-corrected chi connectivity index (χ0v) is 14.6. The lowest BCUT2D eigenvalue weighted by molar-refractivity contribution is 0.383. The van der Waals surface area contributed by atoms with Crippen molar-refractivity contribution in [2.45, 2.75) is 4.90 Å². The van der Waals surface area contributed by atoms with Crippen molar-refractivity contribution in [1.29, 1.82) is 0 Å². The SMILES string of the molecule is CN(C)c1cccc(S(=O)(=O)N2CCN(c3cnccn3)CC2)c1. The van der Waals surface area contributed by atoms with Crippen molar-refractivity contribution in [2.75, 3.05) is 50.1 Å². The summed E-state index contributed by atoms with van der Waals surface area (Å²) >= 11 is 0. The monoisotopic (exact) mass is 347 g/mol. The summed E-state index contributed by atoms with van der Waals surface area (Å²) in [6.07, 6.45) is 4.97. The topological polar surface area (TPSA) is 69.6 Å². The molecule has 0 aliphatic carbocycles. The van der Waals surface area contributed by atoms with Crippen molar-refractivity contribution in [3.63, 3.8) is 0 Å². The maximum absolute atomic E-state index is 12.9. The molecule has 24 heavy (non-hydrogen) atoms. The number of benzene rings is 1. The van der Waals surface area contributed by atoms with Crippen molar-refractivity contribution in [2.24, 2.45) is 0 Å². The molecule has 0 spiro atoms. The Labute approximate surface area is 142 Å². The molecule has 1 aromatic heterocycles. The number of piperazine rings is 1. The average molecular weight is 347 g/mol. The fourth-order valence-corrected chi connectivity index (χ4v) is 4.15.